The van der Waals surface area contributed by atoms with Gasteiger partial charge in [0.2, 0.25) is 0 Å². The number of hydrogen-bond donors (Lipinski definition) is 2. The summed E-state index contributed by atoms with van der Waals surface area (Å²) >= 11 is 0. The van der Waals surface area contributed by atoms with Gasteiger partial charge in [-0.1, -0.05) is 32.6 Å². The smallest absolute Gasteiger partial charge is 0.0474 e. The van der Waals surface area contributed by atoms with Gasteiger partial charge in [-0.2, -0.15) is 0 Å². The van der Waals surface area contributed by atoms with Crippen LogP contribution in [0.2, 0.25) is 0 Å². The molecule has 0 aromatic rings. The van der Waals surface area contributed by atoms with Crippen molar-refractivity contribution in [3.63, 3.8) is 0 Å². The molecule has 0 aromatic carbocycles. The molecule has 2 rings (SSSR count). The average Bonchev–Trinajstić information content (AvgIpc) is 2.77. The van der Waals surface area contributed by atoms with Gasteiger partial charge in [-0.25, -0.2) is 0 Å². The van der Waals surface area contributed by atoms with Crippen LogP contribution in [0.4, 0.5) is 0 Å². The Morgan fingerprint density at radius 1 is 0.938 bits per heavy atom. The van der Waals surface area contributed by atoms with E-state index in [1.54, 1.807) is 0 Å². The van der Waals surface area contributed by atoms with E-state index in [2.05, 4.69) is 12.2 Å². The molecule has 94 valence electrons. The summed E-state index contributed by atoms with van der Waals surface area (Å²) in [7, 11) is 0. The molecule has 4 atom stereocenters. The van der Waals surface area contributed by atoms with Crippen molar-refractivity contribution in [2.24, 2.45) is 11.8 Å². The third-order valence-corrected chi connectivity index (χ3v) is 4.76. The Morgan fingerprint density at radius 3 is 2.31 bits per heavy atom. The van der Waals surface area contributed by atoms with Crippen molar-refractivity contribution in [1.29, 1.82) is 0 Å². The van der Waals surface area contributed by atoms with E-state index in [-0.39, 0.29) is 0 Å². The Labute approximate surface area is 99.8 Å². The molecule has 4 unspecified atom stereocenters. The number of hydrogen-bond acceptors (Lipinski definition) is 2. The Balaban J connectivity index is 1.86. The lowest BCUT2D eigenvalue weighted by molar-refractivity contribution is 0.140. The summed E-state index contributed by atoms with van der Waals surface area (Å²) in [5, 5.41) is 13.3. The summed E-state index contributed by atoms with van der Waals surface area (Å²) in [6, 6.07) is 1.33. The monoisotopic (exact) mass is 225 g/mol. The van der Waals surface area contributed by atoms with Crippen LogP contribution >= 0.6 is 0 Å². The Kier molecular flexibility index (Phi) is 4.66. The van der Waals surface area contributed by atoms with Crippen LogP contribution in [0.1, 0.15) is 58.3 Å². The van der Waals surface area contributed by atoms with E-state index in [4.69, 9.17) is 0 Å². The molecule has 2 aliphatic rings. The van der Waals surface area contributed by atoms with Gasteiger partial charge in [0, 0.05) is 18.7 Å². The van der Waals surface area contributed by atoms with Gasteiger partial charge in [0.15, 0.2) is 0 Å². The van der Waals surface area contributed by atoms with Crippen LogP contribution in [0.25, 0.3) is 0 Å². The predicted octanol–water partition coefficient (Wildman–Crippen LogP) is 2.71. The van der Waals surface area contributed by atoms with Crippen molar-refractivity contribution in [2.75, 3.05) is 6.61 Å². The van der Waals surface area contributed by atoms with E-state index in [9.17, 15) is 5.11 Å². The molecular formula is C14H27NO. The lowest BCUT2D eigenvalue weighted by atomic mass is 9.84. The van der Waals surface area contributed by atoms with E-state index in [0.29, 0.717) is 18.6 Å². The molecule has 2 saturated carbocycles. The Bertz CT molecular complexity index is 207. The lowest BCUT2D eigenvalue weighted by Gasteiger charge is -2.35. The molecule has 2 aliphatic carbocycles. The van der Waals surface area contributed by atoms with Crippen LogP contribution in [-0.4, -0.2) is 23.8 Å². The third-order valence-electron chi connectivity index (χ3n) is 4.76. The highest BCUT2D eigenvalue weighted by Gasteiger charge is 2.31. The maximum atomic E-state index is 9.42. The van der Waals surface area contributed by atoms with Gasteiger partial charge in [-0.3, -0.25) is 0 Å². The van der Waals surface area contributed by atoms with Gasteiger partial charge in [-0.15, -0.1) is 0 Å². The molecule has 2 fully saturated rings. The summed E-state index contributed by atoms with van der Waals surface area (Å²) in [6.07, 6.45) is 10.6. The van der Waals surface area contributed by atoms with Crippen molar-refractivity contribution >= 4 is 0 Å². The van der Waals surface area contributed by atoms with Gasteiger partial charge in [0.05, 0.1) is 0 Å². The minimum absolute atomic E-state index is 0.376. The third kappa shape index (κ3) is 2.78. The number of aliphatic hydroxyl groups is 1. The highest BCUT2D eigenvalue weighted by atomic mass is 16.3. The van der Waals surface area contributed by atoms with Crippen LogP contribution in [-0.2, 0) is 0 Å². The van der Waals surface area contributed by atoms with E-state index < -0.39 is 0 Å². The molecule has 2 heteroatoms. The summed E-state index contributed by atoms with van der Waals surface area (Å²) < 4.78 is 0. The molecular weight excluding hydrogens is 198 g/mol. The second-order valence-electron chi connectivity index (χ2n) is 5.71. The van der Waals surface area contributed by atoms with Crippen LogP contribution in [0.15, 0.2) is 0 Å². The highest BCUT2D eigenvalue weighted by Crippen LogP contribution is 2.31. The molecule has 0 amide bonds. The maximum Gasteiger partial charge on any atom is 0.0474 e. The zero-order valence-corrected chi connectivity index (χ0v) is 10.6. The molecule has 0 spiro atoms. The molecule has 0 aliphatic heterocycles. The molecule has 0 bridgehead atoms. The first-order valence-electron chi connectivity index (χ1n) is 7.22. The molecule has 0 heterocycles. The zero-order chi connectivity index (χ0) is 11.4. The quantitative estimate of drug-likeness (QED) is 0.771. The normalized spacial score (nSPS) is 40.1. The van der Waals surface area contributed by atoms with Gasteiger partial charge >= 0.3 is 0 Å². The first-order valence-corrected chi connectivity index (χ1v) is 7.22. The lowest BCUT2D eigenvalue weighted by Crippen LogP contribution is -2.46. The number of rotatable bonds is 4. The van der Waals surface area contributed by atoms with Crippen molar-refractivity contribution in [2.45, 2.75) is 70.4 Å². The van der Waals surface area contributed by atoms with Crippen LogP contribution in [0, 0.1) is 11.8 Å². The first-order chi connectivity index (χ1) is 7.85. The minimum Gasteiger partial charge on any atom is -0.396 e. The van der Waals surface area contributed by atoms with E-state index >= 15 is 0 Å². The molecule has 2 N–H and O–H groups in total. The second kappa shape index (κ2) is 6.02. The van der Waals surface area contributed by atoms with Gasteiger partial charge in [-0.05, 0) is 37.5 Å². The molecule has 0 saturated heterocycles. The molecule has 2 nitrogen and oxygen atoms in total. The SMILES string of the molecule is CCC1CCCC1NC1CCCCC1CO. The van der Waals surface area contributed by atoms with Crippen LogP contribution < -0.4 is 5.32 Å². The zero-order valence-electron chi connectivity index (χ0n) is 10.6. The number of aliphatic hydroxyl groups excluding tert-OH is 1. The summed E-state index contributed by atoms with van der Waals surface area (Å²) in [4.78, 5) is 0. The fraction of sp³-hybridized carbons (Fsp3) is 1.00. The van der Waals surface area contributed by atoms with Gasteiger partial charge in [0.1, 0.15) is 0 Å². The molecule has 0 aromatic heterocycles. The summed E-state index contributed by atoms with van der Waals surface area (Å²) in [5.74, 6) is 1.41. The van der Waals surface area contributed by atoms with Gasteiger partial charge < -0.3 is 10.4 Å². The molecule has 0 radical (unpaired) electrons. The van der Waals surface area contributed by atoms with Crippen molar-refractivity contribution in [1.82, 2.24) is 5.32 Å². The van der Waals surface area contributed by atoms with E-state index in [1.807, 2.05) is 0 Å². The minimum atomic E-state index is 0.376. The van der Waals surface area contributed by atoms with Crippen molar-refractivity contribution in [3.05, 3.63) is 0 Å². The Hall–Kier alpha value is -0.0800. The average molecular weight is 225 g/mol. The van der Waals surface area contributed by atoms with Crippen LogP contribution in [0.3, 0.4) is 0 Å². The first kappa shape index (κ1) is 12.4. The Morgan fingerprint density at radius 2 is 1.56 bits per heavy atom. The van der Waals surface area contributed by atoms with E-state index in [1.165, 1.54) is 51.4 Å². The fourth-order valence-corrected chi connectivity index (χ4v) is 3.67. The van der Waals surface area contributed by atoms with Crippen molar-refractivity contribution in [3.8, 4) is 0 Å². The van der Waals surface area contributed by atoms with E-state index in [0.717, 1.165) is 12.0 Å². The number of nitrogens with one attached hydrogen (secondary N) is 1. The fourth-order valence-electron chi connectivity index (χ4n) is 3.67. The van der Waals surface area contributed by atoms with Crippen LogP contribution in [0.5, 0.6) is 0 Å². The largest absolute Gasteiger partial charge is 0.396 e. The highest BCUT2D eigenvalue weighted by molar-refractivity contribution is 4.89. The van der Waals surface area contributed by atoms with Gasteiger partial charge in [0.25, 0.3) is 0 Å². The maximum absolute atomic E-state index is 9.42. The second-order valence-corrected chi connectivity index (χ2v) is 5.71. The topological polar surface area (TPSA) is 32.3 Å². The predicted molar refractivity (Wildman–Crippen MR) is 67.4 cm³/mol. The van der Waals surface area contributed by atoms with Crippen molar-refractivity contribution < 1.29 is 5.11 Å². The molecule has 16 heavy (non-hydrogen) atoms. The summed E-state index contributed by atoms with van der Waals surface area (Å²) in [6.45, 7) is 2.69. The standard InChI is InChI=1S/C14H27NO/c1-2-11-7-5-9-13(11)15-14-8-4-3-6-12(14)10-16/h11-16H,2-10H2,1H3. The summed E-state index contributed by atoms with van der Waals surface area (Å²) in [5.41, 5.74) is 0.